The van der Waals surface area contributed by atoms with Crippen molar-refractivity contribution in [1.82, 2.24) is 6.15 Å². The van der Waals surface area contributed by atoms with Crippen LogP contribution in [0.25, 0.3) is 0 Å². The van der Waals surface area contributed by atoms with E-state index in [-0.39, 0.29) is 6.15 Å². The Morgan fingerprint density at radius 3 is 2.40 bits per heavy atom. The van der Waals surface area contributed by atoms with Gasteiger partial charge in [0.15, 0.2) is 0 Å². The third-order valence-corrected chi connectivity index (χ3v) is 7.69. The van der Waals surface area contributed by atoms with Crippen molar-refractivity contribution in [2.24, 2.45) is 0 Å². The fraction of sp³-hybridized carbons (Fsp3) is 1.00. The lowest BCUT2D eigenvalue weighted by Crippen LogP contribution is -2.17. The molecule has 15 heavy (non-hydrogen) atoms. The van der Waals surface area contributed by atoms with Crippen LogP contribution in [-0.4, -0.2) is 11.8 Å². The van der Waals surface area contributed by atoms with Gasteiger partial charge in [-0.2, -0.15) is 0 Å². The lowest BCUT2D eigenvalue weighted by molar-refractivity contribution is 0.174. The Bertz CT molecular complexity index is 219. The van der Waals surface area contributed by atoms with E-state index in [1.165, 1.54) is 32.1 Å². The summed E-state index contributed by atoms with van der Waals surface area (Å²) in [5.74, 6) is 0. The number of quaternary nitrogens is 1. The molecule has 0 spiro atoms. The highest BCUT2D eigenvalue weighted by Gasteiger charge is 2.19. The van der Waals surface area contributed by atoms with Gasteiger partial charge in [0.05, 0.1) is 6.10 Å². The Morgan fingerprint density at radius 1 is 1.40 bits per heavy atom. The van der Waals surface area contributed by atoms with Crippen molar-refractivity contribution in [3.8, 4) is 0 Å². The van der Waals surface area contributed by atoms with Gasteiger partial charge in [0.1, 0.15) is 0 Å². The minimum absolute atomic E-state index is 0. The monoisotopic (exact) mass is 269 g/mol. The summed E-state index contributed by atoms with van der Waals surface area (Å²) < 4.78 is 5.97. The van der Waals surface area contributed by atoms with Crippen LogP contribution in [0.4, 0.5) is 0 Å². The number of hydrogen-bond acceptors (Lipinski definition) is 3. The van der Waals surface area contributed by atoms with E-state index in [4.69, 9.17) is 28.6 Å². The van der Waals surface area contributed by atoms with Crippen LogP contribution in [0, 0.1) is 0 Å². The van der Waals surface area contributed by atoms with Crippen LogP contribution in [0.5, 0.6) is 0 Å². The molecular formula is C10H24NOPS2. The second-order valence-electron chi connectivity index (χ2n) is 4.16. The van der Waals surface area contributed by atoms with E-state index in [2.05, 4.69) is 13.8 Å². The largest absolute Gasteiger partial charge is 0.719 e. The highest BCUT2D eigenvalue weighted by atomic mass is 32.9. The lowest BCUT2D eigenvalue weighted by atomic mass is 9.98. The van der Waals surface area contributed by atoms with Gasteiger partial charge in [0, 0.05) is 0 Å². The van der Waals surface area contributed by atoms with Crippen molar-refractivity contribution in [1.29, 1.82) is 0 Å². The third-order valence-electron chi connectivity index (χ3n) is 2.98. The van der Waals surface area contributed by atoms with Gasteiger partial charge in [-0.3, -0.25) is 0 Å². The first-order valence-corrected chi connectivity index (χ1v) is 9.35. The van der Waals surface area contributed by atoms with E-state index < -0.39 is 5.47 Å². The Hall–Kier alpha value is 0.920. The Balaban J connectivity index is 0.00000196. The molecule has 1 fully saturated rings. The average Bonchev–Trinajstić information content (AvgIpc) is 2.17. The Kier molecular flexibility index (Phi) is 7.73. The van der Waals surface area contributed by atoms with E-state index in [1.54, 1.807) is 0 Å². The molecule has 0 saturated heterocycles. The van der Waals surface area contributed by atoms with Crippen LogP contribution in [0.15, 0.2) is 0 Å². The van der Waals surface area contributed by atoms with E-state index in [0.717, 1.165) is 6.42 Å². The SMILES string of the molecule is CCC(C)P(=S)([S-])OC1CCCCC1.[NH4+]. The molecule has 1 saturated carbocycles. The second kappa shape index (κ2) is 7.29. The first-order valence-electron chi connectivity index (χ1n) is 5.55. The van der Waals surface area contributed by atoms with Crippen LogP contribution < -0.4 is 6.15 Å². The molecule has 92 valence electrons. The molecule has 0 aromatic rings. The zero-order valence-electron chi connectivity index (χ0n) is 10.1. The molecule has 0 radical (unpaired) electrons. The van der Waals surface area contributed by atoms with Gasteiger partial charge in [0.2, 0.25) is 0 Å². The highest BCUT2D eigenvalue weighted by Crippen LogP contribution is 2.53. The standard InChI is InChI=1S/C10H21OPS2.H3N/c1-3-9(2)12(13,14)11-10-7-5-4-6-8-10;/h9-10H,3-8H2,1-2H3,(H,13,14);1H3. The molecule has 0 aromatic carbocycles. The Morgan fingerprint density at radius 2 is 1.93 bits per heavy atom. The predicted octanol–water partition coefficient (Wildman–Crippen LogP) is 4.37. The summed E-state index contributed by atoms with van der Waals surface area (Å²) in [5.41, 5.74) is -1.54. The lowest BCUT2D eigenvalue weighted by Gasteiger charge is -2.39. The Labute approximate surface area is 104 Å². The average molecular weight is 269 g/mol. The molecule has 1 aliphatic carbocycles. The summed E-state index contributed by atoms with van der Waals surface area (Å²) in [6, 6.07) is 0. The van der Waals surface area contributed by atoms with Gasteiger partial charge in [-0.1, -0.05) is 50.4 Å². The second-order valence-corrected chi connectivity index (χ2v) is 10.3. The van der Waals surface area contributed by atoms with Crippen molar-refractivity contribution in [2.75, 3.05) is 0 Å². The van der Waals surface area contributed by atoms with E-state index in [0.29, 0.717) is 11.8 Å². The first-order chi connectivity index (χ1) is 6.56. The maximum absolute atomic E-state index is 5.97. The molecule has 5 heteroatoms. The molecule has 2 nitrogen and oxygen atoms in total. The van der Waals surface area contributed by atoms with E-state index >= 15 is 0 Å². The summed E-state index contributed by atoms with van der Waals surface area (Å²) in [5, 5.41) is 0. The van der Waals surface area contributed by atoms with E-state index in [9.17, 15) is 0 Å². The van der Waals surface area contributed by atoms with Crippen molar-refractivity contribution in [2.45, 2.75) is 64.1 Å². The van der Waals surface area contributed by atoms with Crippen LogP contribution in [0.2, 0.25) is 0 Å². The van der Waals surface area contributed by atoms with Crippen molar-refractivity contribution < 1.29 is 4.52 Å². The fourth-order valence-corrected chi connectivity index (χ4v) is 4.61. The topological polar surface area (TPSA) is 45.7 Å². The highest BCUT2D eigenvalue weighted by molar-refractivity contribution is 8.53. The maximum Gasteiger partial charge on any atom is 0.0602 e. The first kappa shape index (κ1) is 15.9. The predicted molar refractivity (Wildman–Crippen MR) is 75.3 cm³/mol. The molecule has 2 unspecified atom stereocenters. The molecule has 0 aliphatic heterocycles. The van der Waals surface area contributed by atoms with E-state index in [1.807, 2.05) is 0 Å². The zero-order chi connectivity index (χ0) is 10.6. The molecular weight excluding hydrogens is 245 g/mol. The fourth-order valence-electron chi connectivity index (χ4n) is 1.71. The molecule has 0 bridgehead atoms. The van der Waals surface area contributed by atoms with Crippen molar-refractivity contribution in [3.63, 3.8) is 0 Å². The molecule has 1 rings (SSSR count). The summed E-state index contributed by atoms with van der Waals surface area (Å²) >= 11 is 10.9. The molecule has 0 amide bonds. The van der Waals surface area contributed by atoms with Gasteiger partial charge in [-0.15, -0.1) is 0 Å². The third kappa shape index (κ3) is 5.18. The van der Waals surface area contributed by atoms with Gasteiger partial charge < -0.3 is 22.9 Å². The molecule has 0 aromatic heterocycles. The van der Waals surface area contributed by atoms with Crippen LogP contribution >= 0.6 is 5.47 Å². The summed E-state index contributed by atoms with van der Waals surface area (Å²) in [7, 11) is 0. The zero-order valence-corrected chi connectivity index (χ0v) is 12.6. The maximum atomic E-state index is 5.97. The number of hydrogen-bond donors (Lipinski definition) is 1. The smallest absolute Gasteiger partial charge is 0.0602 e. The molecule has 4 N–H and O–H groups in total. The van der Waals surface area contributed by atoms with Crippen LogP contribution in [0.3, 0.4) is 0 Å². The minimum Gasteiger partial charge on any atom is -0.719 e. The molecule has 2 atom stereocenters. The summed E-state index contributed by atoms with van der Waals surface area (Å²) in [6.07, 6.45) is 7.70. The normalized spacial score (nSPS) is 23.9. The van der Waals surface area contributed by atoms with Crippen molar-refractivity contribution in [3.05, 3.63) is 0 Å². The summed E-state index contributed by atoms with van der Waals surface area (Å²) in [4.78, 5) is 0. The molecule has 1 aliphatic rings. The quantitative estimate of drug-likeness (QED) is 0.609. The van der Waals surface area contributed by atoms with Crippen LogP contribution in [-0.2, 0) is 28.6 Å². The van der Waals surface area contributed by atoms with Gasteiger partial charge in [0.25, 0.3) is 0 Å². The van der Waals surface area contributed by atoms with Gasteiger partial charge >= 0.3 is 0 Å². The minimum atomic E-state index is -1.94. The van der Waals surface area contributed by atoms with Gasteiger partial charge in [-0.05, 0) is 24.9 Å². The van der Waals surface area contributed by atoms with Crippen molar-refractivity contribution >= 4 is 29.5 Å². The van der Waals surface area contributed by atoms with Crippen LogP contribution in [0.1, 0.15) is 52.4 Å². The summed E-state index contributed by atoms with van der Waals surface area (Å²) in [6.45, 7) is 4.28. The number of rotatable bonds is 4. The molecule has 0 heterocycles. The van der Waals surface area contributed by atoms with Gasteiger partial charge in [-0.25, -0.2) is 0 Å².